The standard InChI is InChI=1S/C14H22N2O2/c1-4-8-16(9-10-18-3)12-6-7-13(15-11-12)14(17)5-2/h4,6-7,11,14,17H,1,5,8-10H2,2-3H3. The van der Waals surface area contributed by atoms with E-state index in [0.29, 0.717) is 18.7 Å². The number of aromatic nitrogens is 1. The molecule has 4 nitrogen and oxygen atoms in total. The van der Waals surface area contributed by atoms with Crippen LogP contribution in [0.15, 0.2) is 31.0 Å². The average Bonchev–Trinajstić information content (AvgIpc) is 2.43. The van der Waals surface area contributed by atoms with Crippen molar-refractivity contribution in [3.05, 3.63) is 36.7 Å². The third-order valence-electron chi connectivity index (χ3n) is 2.78. The van der Waals surface area contributed by atoms with E-state index in [2.05, 4.69) is 16.5 Å². The highest BCUT2D eigenvalue weighted by atomic mass is 16.5. The van der Waals surface area contributed by atoms with Gasteiger partial charge in [-0.15, -0.1) is 6.58 Å². The van der Waals surface area contributed by atoms with Crippen LogP contribution in [0, 0.1) is 0 Å². The molecule has 0 radical (unpaired) electrons. The van der Waals surface area contributed by atoms with Gasteiger partial charge in [-0.2, -0.15) is 0 Å². The second-order valence-electron chi connectivity index (χ2n) is 4.09. The first kappa shape index (κ1) is 14.7. The molecule has 1 aromatic rings. The number of rotatable bonds is 8. The lowest BCUT2D eigenvalue weighted by atomic mass is 10.2. The maximum Gasteiger partial charge on any atom is 0.0957 e. The predicted octanol–water partition coefficient (Wildman–Crippen LogP) is 2.16. The van der Waals surface area contributed by atoms with Gasteiger partial charge in [0.05, 0.1) is 30.3 Å². The topological polar surface area (TPSA) is 45.6 Å². The largest absolute Gasteiger partial charge is 0.387 e. The summed E-state index contributed by atoms with van der Waals surface area (Å²) < 4.78 is 5.08. The van der Waals surface area contributed by atoms with Gasteiger partial charge in [0.15, 0.2) is 0 Å². The molecule has 100 valence electrons. The van der Waals surface area contributed by atoms with E-state index in [1.54, 1.807) is 13.3 Å². The van der Waals surface area contributed by atoms with Gasteiger partial charge in [-0.1, -0.05) is 13.0 Å². The minimum Gasteiger partial charge on any atom is -0.387 e. The molecule has 0 aliphatic carbocycles. The summed E-state index contributed by atoms with van der Waals surface area (Å²) in [5.74, 6) is 0. The Hall–Kier alpha value is -1.39. The first-order chi connectivity index (χ1) is 8.72. The van der Waals surface area contributed by atoms with Crippen molar-refractivity contribution in [2.24, 2.45) is 0 Å². The van der Waals surface area contributed by atoms with Gasteiger partial charge in [0, 0.05) is 20.2 Å². The van der Waals surface area contributed by atoms with Crippen LogP contribution in [0.1, 0.15) is 25.1 Å². The van der Waals surface area contributed by atoms with Crippen LogP contribution in [0.4, 0.5) is 5.69 Å². The number of methoxy groups -OCH3 is 1. The Labute approximate surface area is 109 Å². The van der Waals surface area contributed by atoms with Crippen molar-refractivity contribution in [1.29, 1.82) is 0 Å². The molecule has 1 atom stereocenters. The maximum absolute atomic E-state index is 9.69. The first-order valence-corrected chi connectivity index (χ1v) is 6.21. The van der Waals surface area contributed by atoms with E-state index in [4.69, 9.17) is 4.74 Å². The van der Waals surface area contributed by atoms with Gasteiger partial charge in [-0.25, -0.2) is 0 Å². The van der Waals surface area contributed by atoms with Crippen molar-refractivity contribution >= 4 is 5.69 Å². The van der Waals surface area contributed by atoms with Crippen molar-refractivity contribution in [2.45, 2.75) is 19.4 Å². The summed E-state index contributed by atoms with van der Waals surface area (Å²) in [6.45, 7) is 7.89. The Morgan fingerprint density at radius 1 is 1.56 bits per heavy atom. The van der Waals surface area contributed by atoms with Gasteiger partial charge < -0.3 is 14.7 Å². The zero-order chi connectivity index (χ0) is 13.4. The average molecular weight is 250 g/mol. The van der Waals surface area contributed by atoms with E-state index < -0.39 is 6.10 Å². The van der Waals surface area contributed by atoms with Crippen LogP contribution in [0.3, 0.4) is 0 Å². The van der Waals surface area contributed by atoms with Crippen LogP contribution in [0.2, 0.25) is 0 Å². The summed E-state index contributed by atoms with van der Waals surface area (Å²) >= 11 is 0. The number of nitrogens with zero attached hydrogens (tertiary/aromatic N) is 2. The van der Waals surface area contributed by atoms with Gasteiger partial charge in [0.1, 0.15) is 0 Å². The Morgan fingerprint density at radius 3 is 2.83 bits per heavy atom. The SMILES string of the molecule is C=CCN(CCOC)c1ccc(C(O)CC)nc1. The molecule has 1 aromatic heterocycles. The summed E-state index contributed by atoms with van der Waals surface area (Å²) in [4.78, 5) is 6.42. The van der Waals surface area contributed by atoms with Crippen LogP contribution in [0.5, 0.6) is 0 Å². The van der Waals surface area contributed by atoms with Crippen LogP contribution >= 0.6 is 0 Å². The molecule has 0 bridgehead atoms. The Balaban J connectivity index is 2.76. The van der Waals surface area contributed by atoms with E-state index in [9.17, 15) is 5.11 Å². The minimum absolute atomic E-state index is 0.481. The number of hydrogen-bond donors (Lipinski definition) is 1. The van der Waals surface area contributed by atoms with Crippen LogP contribution in [0.25, 0.3) is 0 Å². The predicted molar refractivity (Wildman–Crippen MR) is 73.8 cm³/mol. The highest BCUT2D eigenvalue weighted by molar-refractivity contribution is 5.45. The number of ether oxygens (including phenoxy) is 1. The van der Waals surface area contributed by atoms with Crippen molar-refractivity contribution in [1.82, 2.24) is 4.98 Å². The molecule has 0 spiro atoms. The molecule has 1 rings (SSSR count). The second kappa shape index (κ2) is 7.84. The van der Waals surface area contributed by atoms with E-state index >= 15 is 0 Å². The summed E-state index contributed by atoms with van der Waals surface area (Å²) in [5.41, 5.74) is 1.73. The Kier molecular flexibility index (Phi) is 6.39. The minimum atomic E-state index is -0.481. The van der Waals surface area contributed by atoms with Crippen molar-refractivity contribution in [2.75, 3.05) is 31.7 Å². The number of hydrogen-bond acceptors (Lipinski definition) is 4. The van der Waals surface area contributed by atoms with E-state index in [0.717, 1.165) is 18.8 Å². The molecule has 1 heterocycles. The Morgan fingerprint density at radius 2 is 2.33 bits per heavy atom. The molecule has 0 amide bonds. The van der Waals surface area contributed by atoms with Crippen molar-refractivity contribution < 1.29 is 9.84 Å². The van der Waals surface area contributed by atoms with E-state index in [-0.39, 0.29) is 0 Å². The van der Waals surface area contributed by atoms with E-state index in [1.807, 2.05) is 25.1 Å². The monoisotopic (exact) mass is 250 g/mol. The number of aliphatic hydroxyl groups excluding tert-OH is 1. The fourth-order valence-corrected chi connectivity index (χ4v) is 1.67. The molecule has 18 heavy (non-hydrogen) atoms. The smallest absolute Gasteiger partial charge is 0.0957 e. The third-order valence-corrected chi connectivity index (χ3v) is 2.78. The fourth-order valence-electron chi connectivity index (χ4n) is 1.67. The lowest BCUT2D eigenvalue weighted by Crippen LogP contribution is -2.27. The number of pyridine rings is 1. The lowest BCUT2D eigenvalue weighted by Gasteiger charge is -2.23. The summed E-state index contributed by atoms with van der Waals surface area (Å²) in [6, 6.07) is 3.84. The van der Waals surface area contributed by atoms with Gasteiger partial charge >= 0.3 is 0 Å². The summed E-state index contributed by atoms with van der Waals surface area (Å²) in [5, 5.41) is 9.69. The quantitative estimate of drug-likeness (QED) is 0.718. The van der Waals surface area contributed by atoms with Crippen LogP contribution in [-0.4, -0.2) is 36.9 Å². The normalized spacial score (nSPS) is 12.2. The second-order valence-corrected chi connectivity index (χ2v) is 4.09. The van der Waals surface area contributed by atoms with Gasteiger partial charge in [0.25, 0.3) is 0 Å². The molecule has 0 fully saturated rings. The molecule has 1 unspecified atom stereocenters. The molecule has 0 saturated heterocycles. The maximum atomic E-state index is 9.69. The lowest BCUT2D eigenvalue weighted by molar-refractivity contribution is 0.169. The third kappa shape index (κ3) is 4.13. The number of aliphatic hydroxyl groups is 1. The fraction of sp³-hybridized carbons (Fsp3) is 0.500. The molecular formula is C14H22N2O2. The van der Waals surface area contributed by atoms with Crippen molar-refractivity contribution in [3.63, 3.8) is 0 Å². The zero-order valence-electron chi connectivity index (χ0n) is 11.2. The summed E-state index contributed by atoms with van der Waals surface area (Å²) in [6.07, 6.45) is 3.83. The molecule has 1 N–H and O–H groups in total. The van der Waals surface area contributed by atoms with Crippen LogP contribution < -0.4 is 4.90 Å². The van der Waals surface area contributed by atoms with Crippen LogP contribution in [-0.2, 0) is 4.74 Å². The van der Waals surface area contributed by atoms with Crippen molar-refractivity contribution in [3.8, 4) is 0 Å². The highest BCUT2D eigenvalue weighted by Gasteiger charge is 2.08. The first-order valence-electron chi connectivity index (χ1n) is 6.21. The van der Waals surface area contributed by atoms with Gasteiger partial charge in [0.2, 0.25) is 0 Å². The van der Waals surface area contributed by atoms with Gasteiger partial charge in [-0.05, 0) is 18.6 Å². The molecule has 0 aliphatic rings. The molecule has 0 saturated carbocycles. The molecular weight excluding hydrogens is 228 g/mol. The molecule has 4 heteroatoms. The number of anilines is 1. The highest BCUT2D eigenvalue weighted by Crippen LogP contribution is 2.18. The zero-order valence-corrected chi connectivity index (χ0v) is 11.2. The van der Waals surface area contributed by atoms with E-state index in [1.165, 1.54) is 0 Å². The Bertz CT molecular complexity index is 351. The van der Waals surface area contributed by atoms with Gasteiger partial charge in [-0.3, -0.25) is 4.98 Å². The molecule has 0 aliphatic heterocycles. The molecule has 0 aromatic carbocycles. The summed E-state index contributed by atoms with van der Waals surface area (Å²) in [7, 11) is 1.69.